The van der Waals surface area contributed by atoms with E-state index in [1.807, 2.05) is 61.5 Å². The summed E-state index contributed by atoms with van der Waals surface area (Å²) >= 11 is 3.23. The molecular weight excluding hydrogens is 633 g/mol. The monoisotopic (exact) mass is 674 g/mol. The summed E-state index contributed by atoms with van der Waals surface area (Å²) in [6.45, 7) is 4.56. The number of benzene rings is 3. The van der Waals surface area contributed by atoms with Crippen LogP contribution in [0, 0.1) is 6.92 Å². The fraction of sp³-hybridized carbons (Fsp3) is 0.389. The molecule has 1 aromatic heterocycles. The van der Waals surface area contributed by atoms with Gasteiger partial charge in [-0.05, 0) is 47.6 Å². The second kappa shape index (κ2) is 17.5. The lowest BCUT2D eigenvalue weighted by molar-refractivity contribution is -0.245. The topological polar surface area (TPSA) is 123 Å². The van der Waals surface area contributed by atoms with E-state index in [-0.39, 0.29) is 30.6 Å². The van der Waals surface area contributed by atoms with Gasteiger partial charge >= 0.3 is 0 Å². The molecule has 4 aromatic rings. The lowest BCUT2D eigenvalue weighted by Crippen LogP contribution is -2.31. The van der Waals surface area contributed by atoms with Crippen molar-refractivity contribution in [1.82, 2.24) is 20.8 Å². The maximum absolute atomic E-state index is 12.5. The second-order valence-electron chi connectivity index (χ2n) is 11.6. The third kappa shape index (κ3) is 10.4. The molecule has 1 fully saturated rings. The minimum absolute atomic E-state index is 0.00203. The molecule has 47 heavy (non-hydrogen) atoms. The lowest BCUT2D eigenvalue weighted by atomic mass is 9.97. The van der Waals surface area contributed by atoms with Crippen molar-refractivity contribution in [3.05, 3.63) is 100 Å². The molecule has 2 heterocycles. The first-order valence-electron chi connectivity index (χ1n) is 16.0. The number of aliphatic hydroxyl groups excluding tert-OH is 1. The Hall–Kier alpha value is -3.61. The Labute approximate surface area is 284 Å². The molecule has 0 spiro atoms. The Morgan fingerprint density at radius 2 is 1.70 bits per heavy atom. The highest BCUT2D eigenvalue weighted by Crippen LogP contribution is 2.40. The van der Waals surface area contributed by atoms with Crippen molar-refractivity contribution in [2.45, 2.75) is 81.9 Å². The number of carbonyl (C=O) groups excluding carboxylic acids is 2. The molecule has 0 bridgehead atoms. The number of aryl methyl sites for hydroxylation is 1. The van der Waals surface area contributed by atoms with E-state index in [1.165, 1.54) is 6.92 Å². The highest BCUT2D eigenvalue weighted by molar-refractivity contribution is 8.01. The summed E-state index contributed by atoms with van der Waals surface area (Å²) in [5.74, 6) is 0.727. The summed E-state index contributed by atoms with van der Waals surface area (Å²) in [7, 11) is 0. The Morgan fingerprint density at radius 3 is 2.43 bits per heavy atom. The van der Waals surface area contributed by atoms with E-state index < -0.39 is 6.29 Å². The van der Waals surface area contributed by atoms with E-state index in [4.69, 9.17) is 9.47 Å². The summed E-state index contributed by atoms with van der Waals surface area (Å²) in [6, 6.07) is 24.2. The number of nitrogens with zero attached hydrogens (tertiary/aromatic N) is 2. The van der Waals surface area contributed by atoms with Crippen molar-refractivity contribution >= 4 is 34.9 Å². The van der Waals surface area contributed by atoms with E-state index in [1.54, 1.807) is 23.1 Å². The van der Waals surface area contributed by atoms with Crippen LogP contribution in [-0.4, -0.2) is 45.5 Å². The van der Waals surface area contributed by atoms with Crippen LogP contribution >= 0.6 is 23.1 Å². The van der Waals surface area contributed by atoms with Crippen LogP contribution in [0.2, 0.25) is 0 Å². The molecular formula is C36H42N4O5S2. The third-order valence-electron chi connectivity index (χ3n) is 7.96. The van der Waals surface area contributed by atoms with Crippen molar-refractivity contribution in [3.63, 3.8) is 0 Å². The summed E-state index contributed by atoms with van der Waals surface area (Å²) < 4.78 is 14.0. The third-order valence-corrected chi connectivity index (χ3v) is 10.1. The van der Waals surface area contributed by atoms with Gasteiger partial charge in [-0.15, -0.1) is 10.2 Å². The molecule has 3 N–H and O–H groups in total. The van der Waals surface area contributed by atoms with Gasteiger partial charge in [-0.25, -0.2) is 0 Å². The fourth-order valence-electron chi connectivity index (χ4n) is 5.43. The number of thioether (sulfide) groups is 1. The van der Waals surface area contributed by atoms with Crippen molar-refractivity contribution in [2.24, 2.45) is 0 Å². The van der Waals surface area contributed by atoms with Crippen LogP contribution in [0.15, 0.2) is 77.1 Å². The van der Waals surface area contributed by atoms with Crippen LogP contribution in [0.25, 0.3) is 11.1 Å². The van der Waals surface area contributed by atoms with Gasteiger partial charge in [-0.1, -0.05) is 102 Å². The van der Waals surface area contributed by atoms with E-state index in [9.17, 15) is 14.7 Å². The number of carbonyl (C=O) groups is 2. The van der Waals surface area contributed by atoms with Crippen LogP contribution in [0.5, 0.6) is 0 Å². The van der Waals surface area contributed by atoms with E-state index in [0.717, 1.165) is 67.7 Å². The van der Waals surface area contributed by atoms with E-state index in [0.29, 0.717) is 25.9 Å². The van der Waals surface area contributed by atoms with Crippen LogP contribution in [-0.2, 0) is 32.2 Å². The number of rotatable bonds is 15. The molecule has 0 unspecified atom stereocenters. The first kappa shape index (κ1) is 34.7. The molecule has 3 aromatic carbocycles. The van der Waals surface area contributed by atoms with Gasteiger partial charge in [0.2, 0.25) is 11.8 Å². The average molecular weight is 675 g/mol. The van der Waals surface area contributed by atoms with Gasteiger partial charge in [0.25, 0.3) is 0 Å². The highest BCUT2D eigenvalue weighted by Gasteiger charge is 2.32. The lowest BCUT2D eigenvalue weighted by Gasteiger charge is -2.36. The molecule has 2 amide bonds. The van der Waals surface area contributed by atoms with Crippen LogP contribution < -0.4 is 10.6 Å². The molecule has 3 atom stereocenters. The number of ether oxygens (including phenoxy) is 2. The van der Waals surface area contributed by atoms with Crippen LogP contribution in [0.1, 0.15) is 78.7 Å². The molecule has 1 aliphatic heterocycles. The smallest absolute Gasteiger partial charge is 0.220 e. The zero-order valence-corrected chi connectivity index (χ0v) is 28.4. The molecule has 1 aliphatic rings. The number of aliphatic hydroxyl groups is 1. The van der Waals surface area contributed by atoms with Gasteiger partial charge in [-0.2, -0.15) is 0 Å². The number of amides is 2. The first-order valence-corrected chi connectivity index (χ1v) is 17.8. The summed E-state index contributed by atoms with van der Waals surface area (Å²) in [6.07, 6.45) is 2.94. The van der Waals surface area contributed by atoms with Gasteiger partial charge < -0.3 is 25.2 Å². The van der Waals surface area contributed by atoms with E-state index >= 15 is 0 Å². The largest absolute Gasteiger partial charge is 0.392 e. The Bertz CT molecular complexity index is 1600. The fourth-order valence-corrected chi connectivity index (χ4v) is 7.29. The normalized spacial score (nSPS) is 17.7. The van der Waals surface area contributed by atoms with Gasteiger partial charge in [0.1, 0.15) is 5.01 Å². The SMILES string of the molecule is CC(=O)NCCCCCC(=O)NCc1ccccc1-c1ccc([C@@H]2O[C@H](CSc3nnc(C)s3)C[C@H](c3ccc(CO)cc3)O2)cc1. The minimum Gasteiger partial charge on any atom is -0.392 e. The molecule has 0 saturated carbocycles. The zero-order chi connectivity index (χ0) is 33.0. The van der Waals surface area contributed by atoms with Gasteiger partial charge in [-0.3, -0.25) is 9.59 Å². The standard InChI is InChI=1S/C36H42N4O5S2/c1-24(42)37-19-7-3-4-10-34(43)38-21-30-8-5-6-9-32(30)27-15-17-29(18-16-27)35-44-31(23-46-36-40-39-25(2)47-36)20-33(45-35)28-13-11-26(22-41)12-14-28/h5-6,8-9,11-18,31,33,35,41H,3-4,7,10,19-23H2,1-2H3,(H,37,42)(H,38,43)/t31-,33+,35+/m0/s1. The highest BCUT2D eigenvalue weighted by atomic mass is 32.2. The second-order valence-corrected chi connectivity index (χ2v) is 14.0. The number of unbranched alkanes of at least 4 members (excludes halogenated alkanes) is 2. The molecule has 9 nitrogen and oxygen atoms in total. The van der Waals surface area contributed by atoms with E-state index in [2.05, 4.69) is 39.0 Å². The minimum atomic E-state index is -0.546. The predicted octanol–water partition coefficient (Wildman–Crippen LogP) is 6.66. The quantitative estimate of drug-likeness (QED) is 0.0946. The van der Waals surface area contributed by atoms with Crippen molar-refractivity contribution in [2.75, 3.05) is 12.3 Å². The van der Waals surface area contributed by atoms with Gasteiger partial charge in [0, 0.05) is 44.2 Å². The molecule has 1 saturated heterocycles. The summed E-state index contributed by atoms with van der Waals surface area (Å²) in [5.41, 5.74) is 5.98. The number of hydrogen-bond acceptors (Lipinski definition) is 9. The predicted molar refractivity (Wildman–Crippen MR) is 185 cm³/mol. The molecule has 0 aliphatic carbocycles. The Morgan fingerprint density at radius 1 is 0.936 bits per heavy atom. The number of hydrogen-bond donors (Lipinski definition) is 3. The summed E-state index contributed by atoms with van der Waals surface area (Å²) in [4.78, 5) is 23.5. The van der Waals surface area contributed by atoms with Gasteiger partial charge in [0.15, 0.2) is 10.6 Å². The number of nitrogens with one attached hydrogen (secondary N) is 2. The first-order chi connectivity index (χ1) is 22.9. The maximum atomic E-state index is 12.5. The Balaban J connectivity index is 1.22. The van der Waals surface area contributed by atoms with Crippen molar-refractivity contribution < 1.29 is 24.2 Å². The molecule has 11 heteroatoms. The van der Waals surface area contributed by atoms with Crippen LogP contribution in [0.3, 0.4) is 0 Å². The maximum Gasteiger partial charge on any atom is 0.220 e. The van der Waals surface area contributed by atoms with Crippen molar-refractivity contribution in [1.29, 1.82) is 0 Å². The molecule has 5 rings (SSSR count). The van der Waals surface area contributed by atoms with Crippen LogP contribution in [0.4, 0.5) is 0 Å². The molecule has 0 radical (unpaired) electrons. The molecule has 248 valence electrons. The summed E-state index contributed by atoms with van der Waals surface area (Å²) in [5, 5.41) is 24.7. The number of aromatic nitrogens is 2. The van der Waals surface area contributed by atoms with Gasteiger partial charge in [0.05, 0.1) is 18.8 Å². The zero-order valence-electron chi connectivity index (χ0n) is 26.8. The average Bonchev–Trinajstić information content (AvgIpc) is 3.52. The van der Waals surface area contributed by atoms with Crippen molar-refractivity contribution in [3.8, 4) is 11.1 Å². The Kier molecular flexibility index (Phi) is 12.9.